The van der Waals surface area contributed by atoms with E-state index >= 15 is 0 Å². The molecule has 3 rings (SSSR count). The molecule has 112 valence electrons. The summed E-state index contributed by atoms with van der Waals surface area (Å²) in [5, 5.41) is 5.71. The van der Waals surface area contributed by atoms with Gasteiger partial charge in [-0.05, 0) is 38.1 Å². The second-order valence-electron chi connectivity index (χ2n) is 5.47. The number of hydrogen-bond acceptors (Lipinski definition) is 5. The van der Waals surface area contributed by atoms with Crippen molar-refractivity contribution in [2.45, 2.75) is 31.7 Å². The molecule has 0 amide bonds. The lowest BCUT2D eigenvalue weighted by molar-refractivity contribution is 0.268. The molecule has 0 aromatic carbocycles. The van der Waals surface area contributed by atoms with Gasteiger partial charge in [-0.25, -0.2) is 9.71 Å². The lowest BCUT2D eigenvalue weighted by Gasteiger charge is -2.31. The van der Waals surface area contributed by atoms with Crippen molar-refractivity contribution in [2.24, 2.45) is 5.92 Å². The Labute approximate surface area is 123 Å². The van der Waals surface area contributed by atoms with E-state index in [1.165, 1.54) is 28.5 Å². The van der Waals surface area contributed by atoms with E-state index < -0.39 is 10.2 Å². The number of nitrogens with zero attached hydrogens (tertiary/aromatic N) is 2. The largest absolute Gasteiger partial charge is 0.314 e. The minimum absolute atomic E-state index is 0.433. The first kappa shape index (κ1) is 14.2. The van der Waals surface area contributed by atoms with E-state index in [0.29, 0.717) is 24.1 Å². The average Bonchev–Trinajstić information content (AvgIpc) is 3.14. The zero-order valence-corrected chi connectivity index (χ0v) is 12.9. The highest BCUT2D eigenvalue weighted by atomic mass is 32.2. The molecule has 0 bridgehead atoms. The van der Waals surface area contributed by atoms with Crippen molar-refractivity contribution >= 4 is 26.7 Å². The van der Waals surface area contributed by atoms with Crippen LogP contribution in [0.25, 0.3) is 0 Å². The van der Waals surface area contributed by atoms with E-state index in [-0.39, 0.29) is 0 Å². The molecule has 0 spiro atoms. The minimum atomic E-state index is -3.44. The quantitative estimate of drug-likeness (QED) is 0.829. The first-order chi connectivity index (χ1) is 9.63. The van der Waals surface area contributed by atoms with Crippen LogP contribution in [0, 0.1) is 5.92 Å². The van der Waals surface area contributed by atoms with Crippen LogP contribution >= 0.6 is 11.3 Å². The highest BCUT2D eigenvalue weighted by molar-refractivity contribution is 7.90. The molecule has 2 heterocycles. The van der Waals surface area contributed by atoms with Gasteiger partial charge in [0.15, 0.2) is 5.13 Å². The fourth-order valence-corrected chi connectivity index (χ4v) is 4.40. The molecule has 0 radical (unpaired) electrons. The maximum atomic E-state index is 12.2. The molecule has 2 fully saturated rings. The summed E-state index contributed by atoms with van der Waals surface area (Å²) in [7, 11) is -3.44. The summed E-state index contributed by atoms with van der Waals surface area (Å²) in [6, 6.07) is 0.725. The van der Waals surface area contributed by atoms with Crippen molar-refractivity contribution in [3.8, 4) is 0 Å². The number of nitrogens with one attached hydrogen (secondary N) is 2. The van der Waals surface area contributed by atoms with Crippen molar-refractivity contribution in [1.82, 2.24) is 14.6 Å². The Kier molecular flexibility index (Phi) is 4.25. The molecule has 1 saturated carbocycles. The number of hydrogen-bond donors (Lipinski definition) is 2. The molecule has 8 heteroatoms. The van der Waals surface area contributed by atoms with Crippen LogP contribution in [0.5, 0.6) is 0 Å². The first-order valence-corrected chi connectivity index (χ1v) is 9.36. The zero-order chi connectivity index (χ0) is 14.0. The molecular formula is C12H20N4O2S2. The van der Waals surface area contributed by atoms with Gasteiger partial charge in [0, 0.05) is 30.7 Å². The van der Waals surface area contributed by atoms with Gasteiger partial charge in [0.2, 0.25) is 0 Å². The van der Waals surface area contributed by atoms with E-state index in [9.17, 15) is 8.42 Å². The Morgan fingerprint density at radius 2 is 2.05 bits per heavy atom. The SMILES string of the molecule is O=S(=O)(Nc1nccs1)N1CCC(CNC2CC2)CC1. The average molecular weight is 316 g/mol. The standard InChI is InChI=1S/C12H20N4O2S2/c17-20(18,15-12-13-5-8-19-12)16-6-3-10(4-7-16)9-14-11-1-2-11/h5,8,10-11,14H,1-4,6-7,9H2,(H,13,15). The Bertz CT molecular complexity index is 520. The second kappa shape index (κ2) is 5.97. The molecule has 1 saturated heterocycles. The summed E-state index contributed by atoms with van der Waals surface area (Å²) in [5.74, 6) is 0.599. The van der Waals surface area contributed by atoms with Gasteiger partial charge in [0.25, 0.3) is 0 Å². The number of rotatable bonds is 6. The van der Waals surface area contributed by atoms with Crippen LogP contribution in [0.1, 0.15) is 25.7 Å². The summed E-state index contributed by atoms with van der Waals surface area (Å²) in [6.45, 7) is 2.22. The molecule has 1 aromatic heterocycles. The van der Waals surface area contributed by atoms with E-state index in [4.69, 9.17) is 0 Å². The lowest BCUT2D eigenvalue weighted by atomic mass is 9.98. The summed E-state index contributed by atoms with van der Waals surface area (Å²) >= 11 is 1.29. The predicted molar refractivity (Wildman–Crippen MR) is 80.0 cm³/mol. The van der Waals surface area contributed by atoms with E-state index in [1.807, 2.05) is 0 Å². The Morgan fingerprint density at radius 1 is 1.30 bits per heavy atom. The molecule has 0 unspecified atom stereocenters. The predicted octanol–water partition coefficient (Wildman–Crippen LogP) is 1.26. The number of aromatic nitrogens is 1. The Balaban J connectivity index is 1.48. The molecule has 1 aromatic rings. The van der Waals surface area contributed by atoms with Crippen LogP contribution in [0.3, 0.4) is 0 Å². The smallest absolute Gasteiger partial charge is 0.303 e. The van der Waals surface area contributed by atoms with Crippen LogP contribution in [0.2, 0.25) is 0 Å². The summed E-state index contributed by atoms with van der Waals surface area (Å²) in [4.78, 5) is 3.96. The minimum Gasteiger partial charge on any atom is -0.314 e. The number of anilines is 1. The van der Waals surface area contributed by atoms with Crippen LogP contribution in [-0.4, -0.2) is 43.4 Å². The Morgan fingerprint density at radius 3 is 2.65 bits per heavy atom. The fourth-order valence-electron chi connectivity index (χ4n) is 2.42. The van der Waals surface area contributed by atoms with Gasteiger partial charge in [-0.3, -0.25) is 0 Å². The number of piperidine rings is 1. The number of thiazole rings is 1. The summed E-state index contributed by atoms with van der Waals surface area (Å²) in [6.07, 6.45) is 6.05. The molecule has 0 atom stereocenters. The van der Waals surface area contributed by atoms with E-state index in [1.54, 1.807) is 11.6 Å². The molecular weight excluding hydrogens is 296 g/mol. The van der Waals surface area contributed by atoms with Crippen LogP contribution in [0.4, 0.5) is 5.13 Å². The van der Waals surface area contributed by atoms with Crippen LogP contribution in [0.15, 0.2) is 11.6 Å². The molecule has 1 aliphatic heterocycles. The summed E-state index contributed by atoms with van der Waals surface area (Å²) < 4.78 is 28.5. The van der Waals surface area contributed by atoms with Crippen molar-refractivity contribution < 1.29 is 8.42 Å². The zero-order valence-electron chi connectivity index (χ0n) is 11.3. The highest BCUT2D eigenvalue weighted by Gasteiger charge is 2.29. The van der Waals surface area contributed by atoms with Gasteiger partial charge < -0.3 is 5.32 Å². The van der Waals surface area contributed by atoms with Crippen molar-refractivity contribution in [2.75, 3.05) is 24.4 Å². The monoisotopic (exact) mass is 316 g/mol. The van der Waals surface area contributed by atoms with Gasteiger partial charge in [0.1, 0.15) is 0 Å². The summed E-state index contributed by atoms with van der Waals surface area (Å²) in [5.41, 5.74) is 0. The van der Waals surface area contributed by atoms with Gasteiger partial charge >= 0.3 is 10.2 Å². The molecule has 6 nitrogen and oxygen atoms in total. The van der Waals surface area contributed by atoms with Gasteiger partial charge in [-0.15, -0.1) is 11.3 Å². The molecule has 20 heavy (non-hydrogen) atoms. The second-order valence-corrected chi connectivity index (χ2v) is 8.03. The fraction of sp³-hybridized carbons (Fsp3) is 0.750. The molecule has 1 aliphatic carbocycles. The maximum absolute atomic E-state index is 12.2. The van der Waals surface area contributed by atoms with E-state index in [2.05, 4.69) is 15.0 Å². The third kappa shape index (κ3) is 3.69. The van der Waals surface area contributed by atoms with Gasteiger partial charge in [-0.2, -0.15) is 12.7 Å². The third-order valence-corrected chi connectivity index (χ3v) is 6.15. The topological polar surface area (TPSA) is 74.3 Å². The van der Waals surface area contributed by atoms with E-state index in [0.717, 1.165) is 25.4 Å². The van der Waals surface area contributed by atoms with Crippen molar-refractivity contribution in [1.29, 1.82) is 0 Å². The highest BCUT2D eigenvalue weighted by Crippen LogP contribution is 2.23. The van der Waals surface area contributed by atoms with Crippen molar-refractivity contribution in [3.05, 3.63) is 11.6 Å². The van der Waals surface area contributed by atoms with Gasteiger partial charge in [0.05, 0.1) is 0 Å². The maximum Gasteiger partial charge on any atom is 0.303 e. The first-order valence-electron chi connectivity index (χ1n) is 7.04. The molecule has 2 N–H and O–H groups in total. The normalized spacial score (nSPS) is 22.0. The third-order valence-electron chi connectivity index (χ3n) is 3.83. The van der Waals surface area contributed by atoms with Crippen LogP contribution in [-0.2, 0) is 10.2 Å². The Hall–Kier alpha value is -0.700. The molecule has 2 aliphatic rings. The van der Waals surface area contributed by atoms with Gasteiger partial charge in [-0.1, -0.05) is 0 Å². The van der Waals surface area contributed by atoms with Crippen LogP contribution < -0.4 is 10.0 Å². The van der Waals surface area contributed by atoms with Crippen molar-refractivity contribution in [3.63, 3.8) is 0 Å². The lowest BCUT2D eigenvalue weighted by Crippen LogP contribution is -2.43.